The van der Waals surface area contributed by atoms with Crippen LogP contribution >= 0.6 is 0 Å². The summed E-state index contributed by atoms with van der Waals surface area (Å²) in [6, 6.07) is 4.86. The van der Waals surface area contributed by atoms with Crippen molar-refractivity contribution >= 4 is 11.4 Å². The maximum Gasteiger partial charge on any atom is 0.269 e. The highest BCUT2D eigenvalue weighted by molar-refractivity contribution is 5.55. The number of anilines is 1. The molecule has 1 aromatic rings. The summed E-state index contributed by atoms with van der Waals surface area (Å²) in [5.74, 6) is 0.846. The number of benzene rings is 1. The van der Waals surface area contributed by atoms with Crippen molar-refractivity contribution in [3.05, 3.63) is 33.9 Å². The molecule has 0 radical (unpaired) electrons. The van der Waals surface area contributed by atoms with Crippen LogP contribution in [0.4, 0.5) is 11.4 Å². The van der Waals surface area contributed by atoms with E-state index in [1.54, 1.807) is 12.1 Å². The summed E-state index contributed by atoms with van der Waals surface area (Å²) in [5, 5.41) is 14.0. The van der Waals surface area contributed by atoms with Crippen molar-refractivity contribution in [1.29, 1.82) is 0 Å². The number of non-ortho nitro benzene ring substituents is 1. The Balaban J connectivity index is 1.96. The molecule has 0 unspecified atom stereocenters. The lowest BCUT2D eigenvalue weighted by Crippen LogP contribution is -2.04. The van der Waals surface area contributed by atoms with E-state index in [-0.39, 0.29) is 10.6 Å². The molecule has 104 valence electrons. The van der Waals surface area contributed by atoms with Crippen LogP contribution < -0.4 is 5.32 Å². The molecule has 0 aromatic heterocycles. The van der Waals surface area contributed by atoms with Crippen molar-refractivity contribution in [1.82, 2.24) is 0 Å². The number of nitro benzene ring substituents is 1. The average Bonchev–Trinajstić information content (AvgIpc) is 3.20. The summed E-state index contributed by atoms with van der Waals surface area (Å²) >= 11 is 0. The van der Waals surface area contributed by atoms with E-state index in [1.807, 2.05) is 6.92 Å². The molecule has 0 spiro atoms. The Kier molecular flexibility index (Phi) is 4.74. The molecular weight excluding hydrogens is 244 g/mol. The van der Waals surface area contributed by atoms with Crippen molar-refractivity contribution in [3.8, 4) is 0 Å². The highest BCUT2D eigenvalue weighted by atomic mass is 16.6. The Labute approximate surface area is 113 Å². The Morgan fingerprint density at radius 2 is 2.26 bits per heavy atom. The van der Waals surface area contributed by atoms with Crippen molar-refractivity contribution in [3.63, 3.8) is 0 Å². The molecule has 0 bridgehead atoms. The smallest absolute Gasteiger partial charge is 0.269 e. The Morgan fingerprint density at radius 3 is 2.89 bits per heavy atom. The zero-order chi connectivity index (χ0) is 13.7. The molecule has 1 saturated carbocycles. The van der Waals surface area contributed by atoms with E-state index in [9.17, 15) is 10.1 Å². The Bertz CT molecular complexity index is 444. The van der Waals surface area contributed by atoms with Crippen molar-refractivity contribution < 1.29 is 9.66 Å². The molecule has 1 fully saturated rings. The number of nitro groups is 1. The van der Waals surface area contributed by atoms with Crippen molar-refractivity contribution in [2.75, 3.05) is 18.5 Å². The molecule has 2 rings (SSSR count). The van der Waals surface area contributed by atoms with Gasteiger partial charge in [-0.2, -0.15) is 0 Å². The number of hydrogen-bond acceptors (Lipinski definition) is 4. The molecule has 5 heteroatoms. The third-order valence-corrected chi connectivity index (χ3v) is 3.29. The minimum Gasteiger partial charge on any atom is -0.385 e. The summed E-state index contributed by atoms with van der Waals surface area (Å²) in [4.78, 5) is 10.4. The molecule has 0 aliphatic heterocycles. The predicted octanol–water partition coefficient (Wildman–Crippen LogP) is 3.34. The average molecular weight is 264 g/mol. The summed E-state index contributed by atoms with van der Waals surface area (Å²) in [5.41, 5.74) is 1.88. The molecular formula is C14H20N2O3. The summed E-state index contributed by atoms with van der Waals surface area (Å²) in [6.45, 7) is 3.95. The molecule has 0 amide bonds. The molecule has 1 aliphatic carbocycles. The van der Waals surface area contributed by atoms with Gasteiger partial charge in [-0.05, 0) is 25.3 Å². The molecule has 0 saturated heterocycles. The minimum atomic E-state index is -0.372. The number of nitrogens with one attached hydrogen (secondary N) is 1. The minimum absolute atomic E-state index is 0.113. The second-order valence-electron chi connectivity index (χ2n) is 4.91. The molecule has 5 nitrogen and oxygen atoms in total. The lowest BCUT2D eigenvalue weighted by Gasteiger charge is -2.11. The second-order valence-corrected chi connectivity index (χ2v) is 4.91. The first-order valence-electron chi connectivity index (χ1n) is 6.79. The van der Waals surface area contributed by atoms with E-state index in [0.29, 0.717) is 6.61 Å². The van der Waals surface area contributed by atoms with Crippen LogP contribution in [0.2, 0.25) is 0 Å². The van der Waals surface area contributed by atoms with Gasteiger partial charge in [0.1, 0.15) is 0 Å². The number of nitrogens with zero attached hydrogens (tertiary/aromatic N) is 1. The quantitative estimate of drug-likeness (QED) is 0.444. The lowest BCUT2D eigenvalue weighted by atomic mass is 10.1. The van der Waals surface area contributed by atoms with Gasteiger partial charge in [-0.3, -0.25) is 10.1 Å². The van der Waals surface area contributed by atoms with Gasteiger partial charge in [0.05, 0.1) is 11.5 Å². The Morgan fingerprint density at radius 1 is 1.47 bits per heavy atom. The third-order valence-electron chi connectivity index (χ3n) is 3.29. The lowest BCUT2D eigenvalue weighted by molar-refractivity contribution is -0.384. The van der Waals surface area contributed by atoms with Gasteiger partial charge in [-0.15, -0.1) is 0 Å². The molecule has 19 heavy (non-hydrogen) atoms. The molecule has 0 heterocycles. The monoisotopic (exact) mass is 264 g/mol. The first-order chi connectivity index (χ1) is 9.20. The van der Waals surface area contributed by atoms with E-state index < -0.39 is 0 Å². The normalized spacial score (nSPS) is 14.4. The number of rotatable bonds is 8. The Hall–Kier alpha value is -1.62. The van der Waals surface area contributed by atoms with Crippen LogP contribution in [0.3, 0.4) is 0 Å². The van der Waals surface area contributed by atoms with Crippen LogP contribution in [-0.4, -0.2) is 18.1 Å². The van der Waals surface area contributed by atoms with Crippen LogP contribution in [0.1, 0.15) is 31.7 Å². The van der Waals surface area contributed by atoms with Crippen LogP contribution in [0.15, 0.2) is 18.2 Å². The maximum absolute atomic E-state index is 10.8. The van der Waals surface area contributed by atoms with Crippen LogP contribution in [0.25, 0.3) is 0 Å². The topological polar surface area (TPSA) is 64.4 Å². The van der Waals surface area contributed by atoms with Gasteiger partial charge in [-0.1, -0.05) is 12.8 Å². The zero-order valence-corrected chi connectivity index (χ0v) is 11.2. The first-order valence-corrected chi connectivity index (χ1v) is 6.79. The first kappa shape index (κ1) is 13.8. The van der Waals surface area contributed by atoms with Gasteiger partial charge in [0, 0.05) is 36.5 Å². The maximum atomic E-state index is 10.8. The van der Waals surface area contributed by atoms with Crippen LogP contribution in [0.5, 0.6) is 0 Å². The van der Waals surface area contributed by atoms with Gasteiger partial charge in [0.2, 0.25) is 0 Å². The van der Waals surface area contributed by atoms with E-state index in [1.165, 1.54) is 18.9 Å². The summed E-state index contributed by atoms with van der Waals surface area (Å²) < 4.78 is 5.63. The predicted molar refractivity (Wildman–Crippen MR) is 74.3 cm³/mol. The number of hydrogen-bond donors (Lipinski definition) is 1. The van der Waals surface area contributed by atoms with E-state index in [0.717, 1.165) is 36.7 Å². The second kappa shape index (κ2) is 6.52. The zero-order valence-electron chi connectivity index (χ0n) is 11.2. The highest BCUT2D eigenvalue weighted by Gasteiger charge is 2.20. The molecule has 1 N–H and O–H groups in total. The van der Waals surface area contributed by atoms with E-state index >= 15 is 0 Å². The standard InChI is InChI=1S/C14H20N2O3/c1-2-15-14-6-5-13(16(17)18)9-12(14)10-19-8-7-11-3-4-11/h5-6,9,11,15H,2-4,7-8,10H2,1H3. The van der Waals surface area contributed by atoms with Gasteiger partial charge < -0.3 is 10.1 Å². The fraction of sp³-hybridized carbons (Fsp3) is 0.571. The van der Waals surface area contributed by atoms with Crippen molar-refractivity contribution in [2.24, 2.45) is 5.92 Å². The van der Waals surface area contributed by atoms with Crippen LogP contribution in [0, 0.1) is 16.0 Å². The molecule has 1 aromatic carbocycles. The van der Waals surface area contributed by atoms with Gasteiger partial charge in [0.15, 0.2) is 0 Å². The molecule has 0 atom stereocenters. The van der Waals surface area contributed by atoms with E-state index in [4.69, 9.17) is 4.74 Å². The van der Waals surface area contributed by atoms with E-state index in [2.05, 4.69) is 5.32 Å². The van der Waals surface area contributed by atoms with Crippen LogP contribution in [-0.2, 0) is 11.3 Å². The highest BCUT2D eigenvalue weighted by Crippen LogP contribution is 2.32. The molecule has 1 aliphatic rings. The fourth-order valence-corrected chi connectivity index (χ4v) is 2.01. The van der Waals surface area contributed by atoms with Crippen molar-refractivity contribution in [2.45, 2.75) is 32.8 Å². The third kappa shape index (κ3) is 4.21. The fourth-order valence-electron chi connectivity index (χ4n) is 2.01. The summed E-state index contributed by atoms with van der Waals surface area (Å²) in [7, 11) is 0. The van der Waals surface area contributed by atoms with Gasteiger partial charge in [0.25, 0.3) is 5.69 Å². The number of ether oxygens (including phenoxy) is 1. The summed E-state index contributed by atoms with van der Waals surface area (Å²) in [6.07, 6.45) is 3.75. The largest absolute Gasteiger partial charge is 0.385 e. The van der Waals surface area contributed by atoms with Gasteiger partial charge >= 0.3 is 0 Å². The van der Waals surface area contributed by atoms with Gasteiger partial charge in [-0.25, -0.2) is 0 Å². The SMILES string of the molecule is CCNc1ccc([N+](=O)[O-])cc1COCCC1CC1.